The lowest BCUT2D eigenvalue weighted by Gasteiger charge is -2.18. The number of rotatable bonds is 4. The monoisotopic (exact) mass is 373 g/mol. The smallest absolute Gasteiger partial charge is 0.191 e. The number of halogens is 1. The van der Waals surface area contributed by atoms with Crippen molar-refractivity contribution in [3.05, 3.63) is 36.1 Å². The first kappa shape index (κ1) is 15.8. The number of aliphatic imine (C=N–C) groups is 1. The number of hydrogen-bond donors (Lipinski definition) is 1. The molecular formula is C14H20IN3O. The van der Waals surface area contributed by atoms with Crippen molar-refractivity contribution < 1.29 is 4.42 Å². The van der Waals surface area contributed by atoms with E-state index < -0.39 is 0 Å². The third kappa shape index (κ3) is 3.86. The van der Waals surface area contributed by atoms with Gasteiger partial charge in [-0.25, -0.2) is 4.99 Å². The van der Waals surface area contributed by atoms with E-state index in [1.54, 1.807) is 0 Å². The molecular weight excluding hydrogens is 353 g/mol. The summed E-state index contributed by atoms with van der Waals surface area (Å²) in [5.74, 6) is 1.41. The van der Waals surface area contributed by atoms with Crippen molar-refractivity contribution in [3.63, 3.8) is 0 Å². The van der Waals surface area contributed by atoms with Crippen molar-refractivity contribution in [1.82, 2.24) is 4.90 Å². The van der Waals surface area contributed by atoms with Crippen molar-refractivity contribution in [1.29, 1.82) is 0 Å². The Morgan fingerprint density at radius 3 is 2.58 bits per heavy atom. The predicted molar refractivity (Wildman–Crippen MR) is 89.9 cm³/mol. The van der Waals surface area contributed by atoms with Gasteiger partial charge in [0.05, 0.1) is 0 Å². The van der Waals surface area contributed by atoms with E-state index in [-0.39, 0.29) is 24.0 Å². The molecule has 0 aliphatic rings. The summed E-state index contributed by atoms with van der Waals surface area (Å²) in [5.41, 5.74) is 6.81. The lowest BCUT2D eigenvalue weighted by atomic mass is 10.2. The van der Waals surface area contributed by atoms with Crippen LogP contribution in [0.25, 0.3) is 11.0 Å². The van der Waals surface area contributed by atoms with Gasteiger partial charge in [0.2, 0.25) is 0 Å². The number of nitrogens with two attached hydrogens (primary N) is 1. The summed E-state index contributed by atoms with van der Waals surface area (Å²) in [4.78, 5) is 6.37. The van der Waals surface area contributed by atoms with Gasteiger partial charge in [0.1, 0.15) is 17.9 Å². The Bertz CT molecular complexity index is 513. The molecule has 1 aromatic carbocycles. The van der Waals surface area contributed by atoms with Gasteiger partial charge in [-0.1, -0.05) is 18.2 Å². The fraction of sp³-hybridized carbons (Fsp3) is 0.357. The van der Waals surface area contributed by atoms with Crippen molar-refractivity contribution in [2.24, 2.45) is 10.7 Å². The van der Waals surface area contributed by atoms with Crippen molar-refractivity contribution >= 4 is 40.9 Å². The van der Waals surface area contributed by atoms with Gasteiger partial charge in [-0.15, -0.1) is 24.0 Å². The van der Waals surface area contributed by atoms with Crippen LogP contribution < -0.4 is 5.73 Å². The summed E-state index contributed by atoms with van der Waals surface area (Å²) < 4.78 is 5.68. The zero-order valence-corrected chi connectivity index (χ0v) is 13.6. The van der Waals surface area contributed by atoms with Crippen LogP contribution in [0.15, 0.2) is 39.7 Å². The standard InChI is InChI=1S/C14H19N3O.HI/c1-3-17(4-2)14(15)16-10-12-9-11-7-5-6-8-13(11)18-12;/h5-9H,3-4,10H2,1-2H3,(H2,15,16);1H. The minimum absolute atomic E-state index is 0. The first-order valence-corrected chi connectivity index (χ1v) is 6.27. The molecule has 0 amide bonds. The molecule has 5 heteroatoms. The van der Waals surface area contributed by atoms with Gasteiger partial charge in [-0.3, -0.25) is 0 Å². The Labute approximate surface area is 130 Å². The summed E-state index contributed by atoms with van der Waals surface area (Å²) in [6.07, 6.45) is 0. The molecule has 2 N–H and O–H groups in total. The van der Waals surface area contributed by atoms with Crippen molar-refractivity contribution in [3.8, 4) is 0 Å². The first-order chi connectivity index (χ1) is 8.74. The Balaban J connectivity index is 0.00000180. The number of furan rings is 1. The number of para-hydroxylation sites is 1. The van der Waals surface area contributed by atoms with Gasteiger partial charge < -0.3 is 15.1 Å². The number of guanidine groups is 1. The number of hydrogen-bond acceptors (Lipinski definition) is 2. The molecule has 0 saturated heterocycles. The van der Waals surface area contributed by atoms with E-state index in [0.29, 0.717) is 12.5 Å². The Hall–Kier alpha value is -1.24. The predicted octanol–water partition coefficient (Wildman–Crippen LogP) is 3.21. The van der Waals surface area contributed by atoms with E-state index >= 15 is 0 Å². The van der Waals surface area contributed by atoms with E-state index in [2.05, 4.69) is 18.8 Å². The van der Waals surface area contributed by atoms with Crippen LogP contribution in [0.2, 0.25) is 0 Å². The zero-order chi connectivity index (χ0) is 13.0. The van der Waals surface area contributed by atoms with Crippen LogP contribution in [-0.2, 0) is 6.54 Å². The molecule has 0 radical (unpaired) electrons. The van der Waals surface area contributed by atoms with E-state index in [0.717, 1.165) is 29.8 Å². The second-order valence-corrected chi connectivity index (χ2v) is 4.10. The minimum atomic E-state index is 0. The molecule has 0 atom stereocenters. The number of nitrogens with zero attached hydrogens (tertiary/aromatic N) is 2. The molecule has 0 unspecified atom stereocenters. The van der Waals surface area contributed by atoms with Gasteiger partial charge >= 0.3 is 0 Å². The van der Waals surface area contributed by atoms with Crippen LogP contribution in [0, 0.1) is 0 Å². The highest BCUT2D eigenvalue weighted by atomic mass is 127. The number of benzene rings is 1. The fourth-order valence-corrected chi connectivity index (χ4v) is 1.92. The third-order valence-electron chi connectivity index (χ3n) is 2.96. The van der Waals surface area contributed by atoms with Crippen molar-refractivity contribution in [2.75, 3.05) is 13.1 Å². The van der Waals surface area contributed by atoms with Crippen LogP contribution in [0.4, 0.5) is 0 Å². The zero-order valence-electron chi connectivity index (χ0n) is 11.3. The highest BCUT2D eigenvalue weighted by Crippen LogP contribution is 2.19. The molecule has 0 bridgehead atoms. The molecule has 0 fully saturated rings. The van der Waals surface area contributed by atoms with Crippen LogP contribution in [0.1, 0.15) is 19.6 Å². The van der Waals surface area contributed by atoms with Crippen LogP contribution in [-0.4, -0.2) is 23.9 Å². The van der Waals surface area contributed by atoms with Gasteiger partial charge in [0.25, 0.3) is 0 Å². The summed E-state index contributed by atoms with van der Waals surface area (Å²) >= 11 is 0. The normalized spacial score (nSPS) is 11.4. The van der Waals surface area contributed by atoms with Crippen LogP contribution in [0.3, 0.4) is 0 Å². The summed E-state index contributed by atoms with van der Waals surface area (Å²) in [5, 5.41) is 1.10. The average molecular weight is 373 g/mol. The largest absolute Gasteiger partial charge is 0.459 e. The summed E-state index contributed by atoms with van der Waals surface area (Å²) in [6, 6.07) is 9.95. The molecule has 4 nitrogen and oxygen atoms in total. The number of fused-ring (bicyclic) bond motifs is 1. The van der Waals surface area contributed by atoms with Gasteiger partial charge in [0, 0.05) is 18.5 Å². The highest BCUT2D eigenvalue weighted by Gasteiger charge is 2.04. The van der Waals surface area contributed by atoms with E-state index in [4.69, 9.17) is 10.2 Å². The maximum atomic E-state index is 5.92. The second-order valence-electron chi connectivity index (χ2n) is 4.10. The van der Waals surface area contributed by atoms with Crippen molar-refractivity contribution in [2.45, 2.75) is 20.4 Å². The van der Waals surface area contributed by atoms with Gasteiger partial charge in [-0.05, 0) is 26.0 Å². The molecule has 1 heterocycles. The Morgan fingerprint density at radius 1 is 1.26 bits per heavy atom. The molecule has 0 saturated carbocycles. The molecule has 2 rings (SSSR count). The maximum absolute atomic E-state index is 5.92. The molecule has 0 spiro atoms. The molecule has 1 aromatic heterocycles. The van der Waals surface area contributed by atoms with Crippen LogP contribution in [0.5, 0.6) is 0 Å². The molecule has 0 aliphatic heterocycles. The lowest BCUT2D eigenvalue weighted by molar-refractivity contribution is 0.456. The van der Waals surface area contributed by atoms with Crippen LogP contribution >= 0.6 is 24.0 Å². The average Bonchev–Trinajstić information content (AvgIpc) is 2.80. The Kier molecular flexibility index (Phi) is 6.14. The molecule has 104 valence electrons. The van der Waals surface area contributed by atoms with E-state index in [1.807, 2.05) is 35.2 Å². The summed E-state index contributed by atoms with van der Waals surface area (Å²) in [6.45, 7) is 6.34. The van der Waals surface area contributed by atoms with Gasteiger partial charge in [-0.2, -0.15) is 0 Å². The van der Waals surface area contributed by atoms with Gasteiger partial charge in [0.15, 0.2) is 5.96 Å². The summed E-state index contributed by atoms with van der Waals surface area (Å²) in [7, 11) is 0. The Morgan fingerprint density at radius 2 is 1.95 bits per heavy atom. The minimum Gasteiger partial charge on any atom is -0.459 e. The topological polar surface area (TPSA) is 54.8 Å². The van der Waals surface area contributed by atoms with E-state index in [9.17, 15) is 0 Å². The second kappa shape index (κ2) is 7.37. The van der Waals surface area contributed by atoms with E-state index in [1.165, 1.54) is 0 Å². The third-order valence-corrected chi connectivity index (χ3v) is 2.96. The molecule has 0 aliphatic carbocycles. The fourth-order valence-electron chi connectivity index (χ4n) is 1.92. The first-order valence-electron chi connectivity index (χ1n) is 6.27. The molecule has 2 aromatic rings. The quantitative estimate of drug-likeness (QED) is 0.509. The lowest BCUT2D eigenvalue weighted by Crippen LogP contribution is -2.36. The molecule has 19 heavy (non-hydrogen) atoms. The highest BCUT2D eigenvalue weighted by molar-refractivity contribution is 14.0. The maximum Gasteiger partial charge on any atom is 0.191 e. The SMILES string of the molecule is CCN(CC)C(N)=NCc1cc2ccccc2o1.I.